The normalized spacial score (nSPS) is 44.2. The van der Waals surface area contributed by atoms with Crippen molar-refractivity contribution in [3.63, 3.8) is 0 Å². The van der Waals surface area contributed by atoms with Gasteiger partial charge in [0, 0.05) is 37.0 Å². The Balaban J connectivity index is 1.85. The highest BCUT2D eigenvalue weighted by Crippen LogP contribution is 2.32. The highest BCUT2D eigenvalue weighted by Gasteiger charge is 2.44. The smallest absolute Gasteiger partial charge is 0.330 e. The number of aliphatic hydroxyl groups is 3. The first kappa shape index (κ1) is 40.4. The summed E-state index contributed by atoms with van der Waals surface area (Å²) in [5.41, 5.74) is 0. The fourth-order valence-corrected chi connectivity index (χ4v) is 6.80. The number of nitrogens with zero attached hydrogens (tertiary/aromatic N) is 1. The molecule has 12 nitrogen and oxygen atoms in total. The van der Waals surface area contributed by atoms with Crippen LogP contribution in [0, 0.1) is 23.7 Å². The third kappa shape index (κ3) is 10.7. The number of aliphatic hydroxyl groups excluding tert-OH is 3. The summed E-state index contributed by atoms with van der Waals surface area (Å²) < 4.78 is 35.7. The molecule has 15 atom stereocenters. The zero-order chi connectivity index (χ0) is 35.7. The third-order valence-electron chi connectivity index (χ3n) is 9.78. The van der Waals surface area contributed by atoms with Crippen LogP contribution < -0.4 is 0 Å². The van der Waals surface area contributed by atoms with E-state index < -0.39 is 67.2 Å². The van der Waals surface area contributed by atoms with Crippen LogP contribution in [0.25, 0.3) is 0 Å². The summed E-state index contributed by atoms with van der Waals surface area (Å²) in [6, 6.07) is -0.146. The Morgan fingerprint density at radius 1 is 0.875 bits per heavy atom. The predicted molar refractivity (Wildman–Crippen MR) is 179 cm³/mol. The molecule has 2 saturated heterocycles. The van der Waals surface area contributed by atoms with Gasteiger partial charge in [-0.1, -0.05) is 52.0 Å². The van der Waals surface area contributed by atoms with Crippen molar-refractivity contribution in [1.29, 1.82) is 0 Å². The molecule has 0 saturated carbocycles. The molecule has 3 N–H and O–H groups in total. The van der Waals surface area contributed by atoms with Crippen LogP contribution in [-0.2, 0) is 38.0 Å². The molecule has 0 aromatic carbocycles. The van der Waals surface area contributed by atoms with Gasteiger partial charge in [0.1, 0.15) is 30.5 Å². The molecule has 0 spiro atoms. The SMILES string of the molecule is CC[C@@H]1OC(=O)/C=C/[C@H](C)[C@H](O[C@H]2O[C@H](C)C[C@H](N(C)C)[C@H]2O)[C@@H](C)C[C@H](C)C(=O)/C=C/C=C/[C@@H]1CO[C@@H]1O[C@H](C)[C@@H](O)[C@H](O)[C@@H]1OC. The molecular formula is C36H59NO11. The van der Waals surface area contributed by atoms with Gasteiger partial charge in [-0.3, -0.25) is 4.79 Å². The van der Waals surface area contributed by atoms with Crippen molar-refractivity contribution in [1.82, 2.24) is 4.90 Å². The number of likely N-dealkylation sites (N-methyl/N-ethyl adjacent to an activating group) is 1. The van der Waals surface area contributed by atoms with E-state index in [1.54, 1.807) is 25.2 Å². The van der Waals surface area contributed by atoms with Crippen LogP contribution >= 0.6 is 0 Å². The van der Waals surface area contributed by atoms with Crippen molar-refractivity contribution in [2.24, 2.45) is 23.7 Å². The number of methoxy groups -OCH3 is 1. The minimum Gasteiger partial charge on any atom is -0.459 e. The Hall–Kier alpha value is -2.00. The zero-order valence-corrected chi connectivity index (χ0v) is 30.0. The van der Waals surface area contributed by atoms with Gasteiger partial charge in [0.25, 0.3) is 0 Å². The molecule has 12 heteroatoms. The van der Waals surface area contributed by atoms with Crippen molar-refractivity contribution in [3.8, 4) is 0 Å². The number of hydrogen-bond donors (Lipinski definition) is 3. The Bertz CT molecular complexity index is 1110. The molecule has 274 valence electrons. The Kier molecular flexibility index (Phi) is 15.9. The second-order valence-corrected chi connectivity index (χ2v) is 13.9. The van der Waals surface area contributed by atoms with Crippen LogP contribution in [0.4, 0.5) is 0 Å². The van der Waals surface area contributed by atoms with Crippen LogP contribution in [0.2, 0.25) is 0 Å². The highest BCUT2D eigenvalue weighted by molar-refractivity contribution is 5.91. The number of carbonyl (C=O) groups excluding carboxylic acids is 2. The first-order valence-electron chi connectivity index (χ1n) is 17.3. The number of ether oxygens (including phenoxy) is 6. The number of hydrogen-bond acceptors (Lipinski definition) is 12. The molecule has 0 aromatic rings. The summed E-state index contributed by atoms with van der Waals surface area (Å²) in [6.45, 7) is 11.4. The number of carbonyl (C=O) groups is 2. The minimum absolute atomic E-state index is 0.0397. The summed E-state index contributed by atoms with van der Waals surface area (Å²) in [5, 5.41) is 31.9. The largest absolute Gasteiger partial charge is 0.459 e. The molecule has 3 heterocycles. The molecule has 3 rings (SSSR count). The monoisotopic (exact) mass is 681 g/mol. The lowest BCUT2D eigenvalue weighted by molar-refractivity contribution is -0.300. The van der Waals surface area contributed by atoms with Crippen LogP contribution in [0.3, 0.4) is 0 Å². The molecule has 0 amide bonds. The summed E-state index contributed by atoms with van der Waals surface area (Å²) in [4.78, 5) is 28.3. The second-order valence-electron chi connectivity index (χ2n) is 13.9. The van der Waals surface area contributed by atoms with Crippen LogP contribution in [-0.4, -0.2) is 127 Å². The molecule has 0 aliphatic carbocycles. The number of allylic oxidation sites excluding steroid dienone is 3. The van der Waals surface area contributed by atoms with E-state index in [1.165, 1.54) is 19.3 Å². The average Bonchev–Trinajstić information content (AvgIpc) is 3.04. The minimum atomic E-state index is -1.21. The first-order chi connectivity index (χ1) is 22.7. The fraction of sp³-hybridized carbons (Fsp3) is 0.778. The lowest BCUT2D eigenvalue weighted by Crippen LogP contribution is -2.58. The van der Waals surface area contributed by atoms with Gasteiger partial charge >= 0.3 is 5.97 Å². The molecule has 3 aliphatic rings. The quantitative estimate of drug-likeness (QED) is 0.323. The van der Waals surface area contributed by atoms with E-state index >= 15 is 0 Å². The van der Waals surface area contributed by atoms with Crippen LogP contribution in [0.15, 0.2) is 36.5 Å². The standard InChI is InChI=1S/C36H59NO11/c1-10-28-25(19-44-36-34(43-9)32(42)30(40)24(6)46-36)13-11-12-14-27(38)21(3)17-22(4)33(20(2)15-16-29(39)47-28)48-35-31(41)26(37(7)8)18-23(5)45-35/h11-16,20-26,28,30-36,40-42H,10,17-19H2,1-9H3/b13-11+,14-12+,16-15+/t20-,21-,22-,23+,24+,25+,26-,28-,30+,31+,32-,33-,34-,35+,36+/m0/s1. The second kappa shape index (κ2) is 18.8. The molecule has 2 fully saturated rings. The van der Waals surface area contributed by atoms with E-state index in [9.17, 15) is 24.9 Å². The van der Waals surface area contributed by atoms with E-state index in [0.717, 1.165) is 0 Å². The van der Waals surface area contributed by atoms with Crippen molar-refractivity contribution in [2.75, 3.05) is 27.8 Å². The Labute approximate surface area is 286 Å². The number of ketones is 1. The number of esters is 1. The van der Waals surface area contributed by atoms with E-state index in [1.807, 2.05) is 59.7 Å². The summed E-state index contributed by atoms with van der Waals surface area (Å²) in [7, 11) is 5.24. The summed E-state index contributed by atoms with van der Waals surface area (Å²) in [6.07, 6.45) is 3.67. The van der Waals surface area contributed by atoms with Gasteiger partial charge < -0.3 is 48.6 Å². The molecule has 0 aromatic heterocycles. The average molecular weight is 682 g/mol. The van der Waals surface area contributed by atoms with Crippen molar-refractivity contribution in [2.45, 2.75) is 128 Å². The Morgan fingerprint density at radius 2 is 1.58 bits per heavy atom. The molecule has 48 heavy (non-hydrogen) atoms. The molecule has 3 aliphatic heterocycles. The lowest BCUT2D eigenvalue weighted by atomic mass is 9.84. The van der Waals surface area contributed by atoms with Crippen molar-refractivity contribution < 1.29 is 53.3 Å². The maximum Gasteiger partial charge on any atom is 0.330 e. The summed E-state index contributed by atoms with van der Waals surface area (Å²) >= 11 is 0. The lowest BCUT2D eigenvalue weighted by Gasteiger charge is -2.43. The van der Waals surface area contributed by atoms with Gasteiger partial charge in [0.2, 0.25) is 0 Å². The van der Waals surface area contributed by atoms with Gasteiger partial charge in [-0.15, -0.1) is 0 Å². The van der Waals surface area contributed by atoms with Gasteiger partial charge in [-0.2, -0.15) is 0 Å². The molecular weight excluding hydrogens is 622 g/mol. The third-order valence-corrected chi connectivity index (χ3v) is 9.78. The van der Waals surface area contributed by atoms with Crippen molar-refractivity contribution >= 4 is 11.8 Å². The highest BCUT2D eigenvalue weighted by atomic mass is 16.7. The van der Waals surface area contributed by atoms with E-state index in [-0.39, 0.29) is 42.3 Å². The fourth-order valence-electron chi connectivity index (χ4n) is 6.80. The maximum atomic E-state index is 13.2. The van der Waals surface area contributed by atoms with Gasteiger partial charge in [0.15, 0.2) is 18.4 Å². The van der Waals surface area contributed by atoms with E-state index in [4.69, 9.17) is 28.4 Å². The van der Waals surface area contributed by atoms with Gasteiger partial charge in [-0.25, -0.2) is 4.79 Å². The maximum absolute atomic E-state index is 13.2. The number of cyclic esters (lactones) is 1. The summed E-state index contributed by atoms with van der Waals surface area (Å²) in [5.74, 6) is -1.73. The topological polar surface area (TPSA) is 153 Å². The molecule has 0 radical (unpaired) electrons. The zero-order valence-electron chi connectivity index (χ0n) is 30.0. The predicted octanol–water partition coefficient (Wildman–Crippen LogP) is 2.78. The van der Waals surface area contributed by atoms with Crippen LogP contribution in [0.5, 0.6) is 0 Å². The van der Waals surface area contributed by atoms with Crippen molar-refractivity contribution in [3.05, 3.63) is 36.5 Å². The van der Waals surface area contributed by atoms with E-state index in [0.29, 0.717) is 19.3 Å². The first-order valence-corrected chi connectivity index (χ1v) is 17.3. The van der Waals surface area contributed by atoms with Crippen LogP contribution in [0.1, 0.15) is 60.8 Å². The number of rotatable bonds is 8. The molecule has 0 unspecified atom stereocenters. The van der Waals surface area contributed by atoms with Gasteiger partial charge in [0.05, 0.1) is 24.9 Å². The Morgan fingerprint density at radius 3 is 2.23 bits per heavy atom. The van der Waals surface area contributed by atoms with Gasteiger partial charge in [-0.05, 0) is 59.2 Å². The van der Waals surface area contributed by atoms with E-state index in [2.05, 4.69) is 0 Å². The molecule has 0 bridgehead atoms.